The second kappa shape index (κ2) is 7.70. The summed E-state index contributed by atoms with van der Waals surface area (Å²) in [5.74, 6) is 0.535. The number of hydrogen-bond donors (Lipinski definition) is 1. The molecule has 0 amide bonds. The topological polar surface area (TPSA) is 15.3 Å². The Balaban J connectivity index is 2.13. The summed E-state index contributed by atoms with van der Waals surface area (Å²) in [4.78, 5) is 2.42. The maximum atomic E-state index is 14.0. The van der Waals surface area contributed by atoms with Crippen LogP contribution in [0.25, 0.3) is 0 Å². The SMILES string of the molecule is CCC(C)C1CN(Cc2cc(Br)ccc2F)C(C)CCN1. The summed E-state index contributed by atoms with van der Waals surface area (Å²) in [6, 6.07) is 6.18. The molecule has 21 heavy (non-hydrogen) atoms. The highest BCUT2D eigenvalue weighted by Crippen LogP contribution is 2.21. The third kappa shape index (κ3) is 4.51. The van der Waals surface area contributed by atoms with Crippen molar-refractivity contribution >= 4 is 15.9 Å². The molecule has 0 spiro atoms. The monoisotopic (exact) mass is 356 g/mol. The molecular weight excluding hydrogens is 331 g/mol. The van der Waals surface area contributed by atoms with Crippen LogP contribution < -0.4 is 5.32 Å². The molecule has 0 saturated carbocycles. The largest absolute Gasteiger partial charge is 0.312 e. The first-order valence-electron chi connectivity index (χ1n) is 7.92. The normalized spacial score (nSPS) is 25.6. The summed E-state index contributed by atoms with van der Waals surface area (Å²) < 4.78 is 15.0. The lowest BCUT2D eigenvalue weighted by Gasteiger charge is -2.31. The molecule has 118 valence electrons. The third-order valence-electron chi connectivity index (χ3n) is 4.74. The Kier molecular flexibility index (Phi) is 6.20. The zero-order valence-electron chi connectivity index (χ0n) is 13.2. The van der Waals surface area contributed by atoms with Crippen molar-refractivity contribution < 1.29 is 4.39 Å². The molecule has 0 aromatic heterocycles. The van der Waals surface area contributed by atoms with Crippen LogP contribution in [-0.4, -0.2) is 30.1 Å². The van der Waals surface area contributed by atoms with E-state index in [9.17, 15) is 4.39 Å². The number of rotatable bonds is 4. The van der Waals surface area contributed by atoms with Gasteiger partial charge in [-0.15, -0.1) is 0 Å². The smallest absolute Gasteiger partial charge is 0.127 e. The molecule has 1 heterocycles. The van der Waals surface area contributed by atoms with E-state index in [1.807, 2.05) is 6.07 Å². The molecule has 3 atom stereocenters. The van der Waals surface area contributed by atoms with Crippen molar-refractivity contribution in [2.75, 3.05) is 13.1 Å². The summed E-state index contributed by atoms with van der Waals surface area (Å²) in [6.07, 6.45) is 2.29. The van der Waals surface area contributed by atoms with Crippen molar-refractivity contribution in [1.29, 1.82) is 0 Å². The standard InChI is InChI=1S/C17H26BrFN2/c1-4-12(2)17-11-21(13(3)7-8-20-17)10-14-9-15(18)5-6-16(14)19/h5-6,9,12-13,17,20H,4,7-8,10-11H2,1-3H3. The molecule has 2 rings (SSSR count). The van der Waals surface area contributed by atoms with Gasteiger partial charge < -0.3 is 5.32 Å². The van der Waals surface area contributed by atoms with Crippen LogP contribution in [0.2, 0.25) is 0 Å². The van der Waals surface area contributed by atoms with E-state index < -0.39 is 0 Å². The van der Waals surface area contributed by atoms with E-state index in [4.69, 9.17) is 0 Å². The predicted molar refractivity (Wildman–Crippen MR) is 89.8 cm³/mol. The van der Waals surface area contributed by atoms with Crippen LogP contribution in [-0.2, 0) is 6.54 Å². The van der Waals surface area contributed by atoms with E-state index >= 15 is 0 Å². The number of halogens is 2. The van der Waals surface area contributed by atoms with Crippen molar-refractivity contribution in [1.82, 2.24) is 10.2 Å². The maximum Gasteiger partial charge on any atom is 0.127 e. The molecule has 3 unspecified atom stereocenters. The average Bonchev–Trinajstić information content (AvgIpc) is 2.64. The van der Waals surface area contributed by atoms with Gasteiger partial charge in [-0.25, -0.2) is 4.39 Å². The van der Waals surface area contributed by atoms with Gasteiger partial charge in [-0.1, -0.05) is 36.2 Å². The summed E-state index contributed by atoms with van der Waals surface area (Å²) >= 11 is 3.44. The van der Waals surface area contributed by atoms with Gasteiger partial charge in [0.15, 0.2) is 0 Å². The zero-order valence-corrected chi connectivity index (χ0v) is 14.8. The van der Waals surface area contributed by atoms with Crippen molar-refractivity contribution in [2.45, 2.75) is 52.2 Å². The first-order chi connectivity index (χ1) is 10.0. The fraction of sp³-hybridized carbons (Fsp3) is 0.647. The maximum absolute atomic E-state index is 14.0. The van der Waals surface area contributed by atoms with Gasteiger partial charge in [-0.2, -0.15) is 0 Å². The van der Waals surface area contributed by atoms with Gasteiger partial charge in [0, 0.05) is 35.2 Å². The van der Waals surface area contributed by atoms with Gasteiger partial charge in [0.05, 0.1) is 0 Å². The van der Waals surface area contributed by atoms with Crippen LogP contribution in [0.1, 0.15) is 39.2 Å². The molecule has 0 radical (unpaired) electrons. The summed E-state index contributed by atoms with van der Waals surface area (Å²) in [6.45, 7) is 9.50. The first-order valence-corrected chi connectivity index (χ1v) is 8.72. The van der Waals surface area contributed by atoms with Gasteiger partial charge in [-0.3, -0.25) is 4.90 Å². The molecule has 1 saturated heterocycles. The van der Waals surface area contributed by atoms with E-state index in [1.165, 1.54) is 6.42 Å². The lowest BCUT2D eigenvalue weighted by molar-refractivity contribution is 0.178. The zero-order chi connectivity index (χ0) is 15.4. The van der Waals surface area contributed by atoms with Crippen LogP contribution in [0, 0.1) is 11.7 Å². The summed E-state index contributed by atoms with van der Waals surface area (Å²) in [5, 5.41) is 3.66. The Morgan fingerprint density at radius 2 is 2.24 bits per heavy atom. The molecule has 1 aromatic carbocycles. The summed E-state index contributed by atoms with van der Waals surface area (Å²) in [7, 11) is 0. The van der Waals surface area contributed by atoms with Crippen molar-refractivity contribution in [3.8, 4) is 0 Å². The lowest BCUT2D eigenvalue weighted by Crippen LogP contribution is -2.43. The van der Waals surface area contributed by atoms with Crippen LogP contribution in [0.3, 0.4) is 0 Å². The predicted octanol–water partition coefficient (Wildman–Crippen LogP) is 4.19. The highest BCUT2D eigenvalue weighted by molar-refractivity contribution is 9.10. The van der Waals surface area contributed by atoms with Crippen molar-refractivity contribution in [3.63, 3.8) is 0 Å². The van der Waals surface area contributed by atoms with Crippen LogP contribution >= 0.6 is 15.9 Å². The number of nitrogens with zero attached hydrogens (tertiary/aromatic N) is 1. The lowest BCUT2D eigenvalue weighted by atomic mass is 9.98. The van der Waals surface area contributed by atoms with E-state index in [0.29, 0.717) is 24.5 Å². The molecule has 2 nitrogen and oxygen atoms in total. The third-order valence-corrected chi connectivity index (χ3v) is 5.23. The van der Waals surface area contributed by atoms with Gasteiger partial charge in [-0.05, 0) is 44.0 Å². The Morgan fingerprint density at radius 3 is 2.95 bits per heavy atom. The van der Waals surface area contributed by atoms with Gasteiger partial charge >= 0.3 is 0 Å². The highest BCUT2D eigenvalue weighted by atomic mass is 79.9. The van der Waals surface area contributed by atoms with Crippen LogP contribution in [0.5, 0.6) is 0 Å². The van der Waals surface area contributed by atoms with Crippen molar-refractivity contribution in [3.05, 3.63) is 34.1 Å². The molecule has 1 aromatic rings. The van der Waals surface area contributed by atoms with E-state index in [0.717, 1.165) is 29.5 Å². The number of benzene rings is 1. The highest BCUT2D eigenvalue weighted by Gasteiger charge is 2.26. The van der Waals surface area contributed by atoms with Crippen molar-refractivity contribution in [2.24, 2.45) is 5.92 Å². The van der Waals surface area contributed by atoms with Crippen LogP contribution in [0.4, 0.5) is 4.39 Å². The fourth-order valence-corrected chi connectivity index (χ4v) is 3.34. The van der Waals surface area contributed by atoms with Gasteiger partial charge in [0.1, 0.15) is 5.82 Å². The Labute approximate surface area is 136 Å². The van der Waals surface area contributed by atoms with E-state index in [-0.39, 0.29) is 5.82 Å². The molecule has 1 N–H and O–H groups in total. The van der Waals surface area contributed by atoms with Gasteiger partial charge in [0.2, 0.25) is 0 Å². The molecular formula is C17H26BrFN2. The minimum absolute atomic E-state index is 0.109. The van der Waals surface area contributed by atoms with Crippen LogP contribution in [0.15, 0.2) is 22.7 Å². The first kappa shape index (κ1) is 16.9. The Morgan fingerprint density at radius 1 is 1.48 bits per heavy atom. The number of hydrogen-bond acceptors (Lipinski definition) is 2. The molecule has 0 aliphatic carbocycles. The molecule has 4 heteroatoms. The minimum atomic E-state index is -0.109. The van der Waals surface area contributed by atoms with E-state index in [2.05, 4.69) is 46.9 Å². The Hall–Kier alpha value is -0.450. The Bertz CT molecular complexity index is 466. The second-order valence-electron chi connectivity index (χ2n) is 6.25. The number of nitrogens with one attached hydrogen (secondary N) is 1. The summed E-state index contributed by atoms with van der Waals surface area (Å²) in [5.41, 5.74) is 0.779. The fourth-order valence-electron chi connectivity index (χ4n) is 2.93. The molecule has 0 bridgehead atoms. The average molecular weight is 357 g/mol. The molecule has 1 aliphatic heterocycles. The molecule has 1 fully saturated rings. The minimum Gasteiger partial charge on any atom is -0.312 e. The quantitative estimate of drug-likeness (QED) is 0.869. The molecule has 1 aliphatic rings. The van der Waals surface area contributed by atoms with E-state index in [1.54, 1.807) is 12.1 Å². The second-order valence-corrected chi connectivity index (χ2v) is 7.16. The van der Waals surface area contributed by atoms with Gasteiger partial charge in [0.25, 0.3) is 0 Å².